The first-order valence-corrected chi connectivity index (χ1v) is 5.08. The van der Waals surface area contributed by atoms with Crippen LogP contribution in [0.5, 0.6) is 0 Å². The molecular weight excluding hydrogens is 206 g/mol. The van der Waals surface area contributed by atoms with Gasteiger partial charge in [-0.3, -0.25) is 4.79 Å². The third-order valence-electron chi connectivity index (χ3n) is 2.28. The van der Waals surface area contributed by atoms with Crippen LogP contribution < -0.4 is 5.32 Å². The molecule has 0 aliphatic rings. The van der Waals surface area contributed by atoms with Crippen molar-refractivity contribution >= 4 is 16.9 Å². The van der Waals surface area contributed by atoms with Gasteiger partial charge in [0, 0.05) is 6.54 Å². The molecule has 0 unspecified atom stereocenters. The van der Waals surface area contributed by atoms with Crippen molar-refractivity contribution in [3.8, 4) is 0 Å². The van der Waals surface area contributed by atoms with E-state index in [0.29, 0.717) is 0 Å². The molecule has 0 atom stereocenters. The summed E-state index contributed by atoms with van der Waals surface area (Å²) in [7, 11) is 0. The van der Waals surface area contributed by atoms with Gasteiger partial charge in [-0.1, -0.05) is 12.1 Å². The van der Waals surface area contributed by atoms with E-state index in [1.54, 1.807) is 10.9 Å². The summed E-state index contributed by atoms with van der Waals surface area (Å²) in [4.78, 5) is 15.6. The highest BCUT2D eigenvalue weighted by Gasteiger charge is 2.05. The molecule has 2 N–H and O–H groups in total. The second-order valence-electron chi connectivity index (χ2n) is 3.43. The standard InChI is InChI=1S/C11H13N3O2/c15-6-5-12-11(16)7-14-8-13-9-3-1-2-4-10(9)14/h1-4,8,15H,5-7H2,(H,12,16). The second-order valence-corrected chi connectivity index (χ2v) is 3.43. The van der Waals surface area contributed by atoms with Crippen molar-refractivity contribution in [1.82, 2.24) is 14.9 Å². The molecule has 0 saturated carbocycles. The summed E-state index contributed by atoms with van der Waals surface area (Å²) in [6.45, 7) is 0.461. The molecule has 0 radical (unpaired) electrons. The number of para-hydroxylation sites is 2. The summed E-state index contributed by atoms with van der Waals surface area (Å²) in [6, 6.07) is 7.64. The van der Waals surface area contributed by atoms with Gasteiger partial charge in [0.05, 0.1) is 24.0 Å². The number of benzene rings is 1. The maximum Gasteiger partial charge on any atom is 0.240 e. The van der Waals surface area contributed by atoms with E-state index in [9.17, 15) is 4.79 Å². The van der Waals surface area contributed by atoms with Crippen LogP contribution in [0.1, 0.15) is 0 Å². The van der Waals surface area contributed by atoms with E-state index in [-0.39, 0.29) is 25.6 Å². The molecule has 0 aliphatic carbocycles. The third-order valence-corrected chi connectivity index (χ3v) is 2.28. The van der Waals surface area contributed by atoms with Gasteiger partial charge in [0.2, 0.25) is 5.91 Å². The largest absolute Gasteiger partial charge is 0.395 e. The number of hydrogen-bond donors (Lipinski definition) is 2. The number of aromatic nitrogens is 2. The molecule has 1 aromatic heterocycles. The van der Waals surface area contributed by atoms with E-state index in [1.807, 2.05) is 24.3 Å². The molecule has 16 heavy (non-hydrogen) atoms. The smallest absolute Gasteiger partial charge is 0.240 e. The molecule has 5 heteroatoms. The van der Waals surface area contributed by atoms with Gasteiger partial charge in [0.25, 0.3) is 0 Å². The molecule has 2 aromatic rings. The van der Waals surface area contributed by atoms with Crippen LogP contribution in [0, 0.1) is 0 Å². The minimum atomic E-state index is -0.128. The van der Waals surface area contributed by atoms with E-state index < -0.39 is 0 Å². The fourth-order valence-corrected chi connectivity index (χ4v) is 1.54. The maximum atomic E-state index is 11.4. The molecule has 0 saturated heterocycles. The topological polar surface area (TPSA) is 67.2 Å². The average Bonchev–Trinajstić information content (AvgIpc) is 2.70. The van der Waals surface area contributed by atoms with Crippen LogP contribution >= 0.6 is 0 Å². The quantitative estimate of drug-likeness (QED) is 0.769. The van der Waals surface area contributed by atoms with Gasteiger partial charge >= 0.3 is 0 Å². The molecule has 2 rings (SSSR count). The van der Waals surface area contributed by atoms with Crippen LogP contribution in [0.3, 0.4) is 0 Å². The lowest BCUT2D eigenvalue weighted by Gasteiger charge is -2.04. The Hall–Kier alpha value is -1.88. The van der Waals surface area contributed by atoms with Crippen LogP contribution in [-0.4, -0.2) is 33.7 Å². The van der Waals surface area contributed by atoms with E-state index >= 15 is 0 Å². The zero-order valence-electron chi connectivity index (χ0n) is 8.76. The Balaban J connectivity index is 2.12. The van der Waals surface area contributed by atoms with Crippen LogP contribution in [0.2, 0.25) is 0 Å². The van der Waals surface area contributed by atoms with Crippen LogP contribution in [0.25, 0.3) is 11.0 Å². The number of nitrogens with zero attached hydrogens (tertiary/aromatic N) is 2. The summed E-state index contributed by atoms with van der Waals surface area (Å²) in [5.41, 5.74) is 1.80. The highest BCUT2D eigenvalue weighted by molar-refractivity contribution is 5.80. The number of carbonyl (C=O) groups is 1. The van der Waals surface area contributed by atoms with Crippen molar-refractivity contribution in [2.45, 2.75) is 6.54 Å². The SMILES string of the molecule is O=C(Cn1cnc2ccccc21)NCCO. The molecular formula is C11H13N3O2. The number of aliphatic hydroxyl groups excluding tert-OH is 1. The lowest BCUT2D eigenvalue weighted by atomic mass is 10.3. The molecule has 0 fully saturated rings. The zero-order valence-corrected chi connectivity index (χ0v) is 8.76. The number of aliphatic hydroxyl groups is 1. The minimum Gasteiger partial charge on any atom is -0.395 e. The normalized spacial score (nSPS) is 10.6. The summed E-state index contributed by atoms with van der Waals surface area (Å²) < 4.78 is 1.78. The minimum absolute atomic E-state index is 0.0452. The highest BCUT2D eigenvalue weighted by atomic mass is 16.3. The first-order chi connectivity index (χ1) is 7.81. The van der Waals surface area contributed by atoms with Gasteiger partial charge < -0.3 is 15.0 Å². The third kappa shape index (κ3) is 2.20. The Labute approximate surface area is 92.7 Å². The van der Waals surface area contributed by atoms with Crippen molar-refractivity contribution in [2.75, 3.05) is 13.2 Å². The Morgan fingerprint density at radius 2 is 2.25 bits per heavy atom. The summed E-state index contributed by atoms with van der Waals surface area (Å²) in [5.74, 6) is -0.128. The Kier molecular flexibility index (Phi) is 3.16. The summed E-state index contributed by atoms with van der Waals surface area (Å²) >= 11 is 0. The molecule has 1 heterocycles. The number of carbonyl (C=O) groups excluding carboxylic acids is 1. The van der Waals surface area contributed by atoms with Crippen molar-refractivity contribution in [3.63, 3.8) is 0 Å². The molecule has 1 aromatic carbocycles. The van der Waals surface area contributed by atoms with Crippen LogP contribution in [0.15, 0.2) is 30.6 Å². The number of fused-ring (bicyclic) bond motifs is 1. The predicted octanol–water partition coefficient (Wildman–Crippen LogP) is 0.145. The van der Waals surface area contributed by atoms with Gasteiger partial charge in [-0.05, 0) is 12.1 Å². The van der Waals surface area contributed by atoms with Gasteiger partial charge in [-0.15, -0.1) is 0 Å². The second kappa shape index (κ2) is 4.76. The monoisotopic (exact) mass is 219 g/mol. The van der Waals surface area contributed by atoms with Crippen molar-refractivity contribution < 1.29 is 9.90 Å². The van der Waals surface area contributed by atoms with E-state index in [4.69, 9.17) is 5.11 Å². The summed E-state index contributed by atoms with van der Waals surface area (Å²) in [5, 5.41) is 11.2. The Bertz CT molecular complexity index is 493. The number of amides is 1. The first kappa shape index (κ1) is 10.6. The summed E-state index contributed by atoms with van der Waals surface area (Å²) in [6.07, 6.45) is 1.64. The molecule has 0 spiro atoms. The Morgan fingerprint density at radius 3 is 3.06 bits per heavy atom. The molecule has 5 nitrogen and oxygen atoms in total. The van der Waals surface area contributed by atoms with E-state index in [1.165, 1.54) is 0 Å². The van der Waals surface area contributed by atoms with Gasteiger partial charge in [0.15, 0.2) is 0 Å². The van der Waals surface area contributed by atoms with Crippen molar-refractivity contribution in [1.29, 1.82) is 0 Å². The highest BCUT2D eigenvalue weighted by Crippen LogP contribution is 2.11. The predicted molar refractivity (Wildman–Crippen MR) is 59.8 cm³/mol. The van der Waals surface area contributed by atoms with Crippen molar-refractivity contribution in [3.05, 3.63) is 30.6 Å². The zero-order chi connectivity index (χ0) is 11.4. The van der Waals surface area contributed by atoms with Gasteiger partial charge in [-0.2, -0.15) is 0 Å². The van der Waals surface area contributed by atoms with Crippen LogP contribution in [0.4, 0.5) is 0 Å². The lowest BCUT2D eigenvalue weighted by molar-refractivity contribution is -0.121. The molecule has 0 aliphatic heterocycles. The lowest BCUT2D eigenvalue weighted by Crippen LogP contribution is -2.29. The average molecular weight is 219 g/mol. The van der Waals surface area contributed by atoms with Crippen molar-refractivity contribution in [2.24, 2.45) is 0 Å². The van der Waals surface area contributed by atoms with Crippen LogP contribution in [-0.2, 0) is 11.3 Å². The first-order valence-electron chi connectivity index (χ1n) is 5.08. The number of nitrogens with one attached hydrogen (secondary N) is 1. The maximum absolute atomic E-state index is 11.4. The fourth-order valence-electron chi connectivity index (χ4n) is 1.54. The molecule has 1 amide bonds. The van der Waals surface area contributed by atoms with E-state index in [0.717, 1.165) is 11.0 Å². The fraction of sp³-hybridized carbons (Fsp3) is 0.273. The van der Waals surface area contributed by atoms with Gasteiger partial charge in [0.1, 0.15) is 6.54 Å². The number of hydrogen-bond acceptors (Lipinski definition) is 3. The van der Waals surface area contributed by atoms with Gasteiger partial charge in [-0.25, -0.2) is 4.98 Å². The molecule has 0 bridgehead atoms. The number of imidazole rings is 1. The van der Waals surface area contributed by atoms with E-state index in [2.05, 4.69) is 10.3 Å². The molecule has 84 valence electrons. The number of rotatable bonds is 4. The Morgan fingerprint density at radius 1 is 1.44 bits per heavy atom.